The Kier molecular flexibility index (Phi) is 2.68. The summed E-state index contributed by atoms with van der Waals surface area (Å²) in [4.78, 5) is 14.6. The van der Waals surface area contributed by atoms with Crippen molar-refractivity contribution in [3.8, 4) is 0 Å². The maximum Gasteiger partial charge on any atom is 0.329 e. The zero-order valence-electron chi connectivity index (χ0n) is 6.99. The van der Waals surface area contributed by atoms with E-state index in [4.69, 9.17) is 10.8 Å². The van der Waals surface area contributed by atoms with E-state index in [1.807, 2.05) is 0 Å². The minimum Gasteiger partial charge on any atom is -0.480 e. The van der Waals surface area contributed by atoms with Gasteiger partial charge in [-0.25, -0.2) is 4.79 Å². The standard InChI is InChI=1S/C8H9BrN2O2/c1-8(10,7(12)13)6-4-5(9)2-3-11-6/h2-4H,10H2,1H3,(H,12,13)/t8-/m1/s1. The van der Waals surface area contributed by atoms with Crippen LogP contribution in [0.1, 0.15) is 12.6 Å². The molecule has 0 saturated heterocycles. The molecule has 1 atom stereocenters. The number of nitrogens with zero attached hydrogens (tertiary/aromatic N) is 1. The number of carboxylic acids is 1. The number of hydrogen-bond donors (Lipinski definition) is 2. The van der Waals surface area contributed by atoms with Crippen LogP contribution in [-0.4, -0.2) is 16.1 Å². The lowest BCUT2D eigenvalue weighted by atomic mass is 9.99. The number of aromatic nitrogens is 1. The zero-order chi connectivity index (χ0) is 10.1. The van der Waals surface area contributed by atoms with Crippen LogP contribution in [0.25, 0.3) is 0 Å². The van der Waals surface area contributed by atoms with Crippen LogP contribution >= 0.6 is 15.9 Å². The first-order valence-electron chi connectivity index (χ1n) is 3.59. The van der Waals surface area contributed by atoms with Crippen LogP contribution in [0.5, 0.6) is 0 Å². The fourth-order valence-electron chi connectivity index (χ4n) is 0.798. The summed E-state index contributed by atoms with van der Waals surface area (Å²) in [5.74, 6) is -1.10. The third-order valence-electron chi connectivity index (χ3n) is 1.70. The molecule has 1 rings (SSSR count). The number of rotatable bonds is 2. The van der Waals surface area contributed by atoms with Gasteiger partial charge in [0.1, 0.15) is 0 Å². The van der Waals surface area contributed by atoms with Gasteiger partial charge in [-0.05, 0) is 19.1 Å². The Morgan fingerprint density at radius 2 is 2.38 bits per heavy atom. The third kappa shape index (κ3) is 2.05. The number of carboxylic acid groups (broad SMARTS) is 1. The van der Waals surface area contributed by atoms with Crippen LogP contribution in [0, 0.1) is 0 Å². The molecule has 1 aromatic heterocycles. The molecule has 5 heteroatoms. The molecular formula is C8H9BrN2O2. The minimum atomic E-state index is -1.44. The third-order valence-corrected chi connectivity index (χ3v) is 2.19. The minimum absolute atomic E-state index is 0.328. The number of carbonyl (C=O) groups is 1. The van der Waals surface area contributed by atoms with Gasteiger partial charge in [-0.1, -0.05) is 15.9 Å². The van der Waals surface area contributed by atoms with E-state index >= 15 is 0 Å². The second-order valence-corrected chi connectivity index (χ2v) is 3.78. The maximum atomic E-state index is 10.8. The maximum absolute atomic E-state index is 10.8. The second-order valence-electron chi connectivity index (χ2n) is 2.87. The van der Waals surface area contributed by atoms with Gasteiger partial charge in [0, 0.05) is 10.7 Å². The predicted octanol–water partition coefficient (Wildman–Crippen LogP) is 1.10. The summed E-state index contributed by atoms with van der Waals surface area (Å²) in [6.07, 6.45) is 1.51. The first kappa shape index (κ1) is 10.1. The Bertz CT molecular complexity index is 339. The highest BCUT2D eigenvalue weighted by molar-refractivity contribution is 9.10. The van der Waals surface area contributed by atoms with Gasteiger partial charge >= 0.3 is 5.97 Å². The van der Waals surface area contributed by atoms with E-state index < -0.39 is 11.5 Å². The van der Waals surface area contributed by atoms with Crippen molar-refractivity contribution in [3.63, 3.8) is 0 Å². The Morgan fingerprint density at radius 1 is 1.77 bits per heavy atom. The van der Waals surface area contributed by atoms with Gasteiger partial charge in [-0.2, -0.15) is 0 Å². The van der Waals surface area contributed by atoms with E-state index in [1.54, 1.807) is 12.1 Å². The van der Waals surface area contributed by atoms with Crippen LogP contribution in [0.15, 0.2) is 22.8 Å². The molecular weight excluding hydrogens is 236 g/mol. The van der Waals surface area contributed by atoms with E-state index in [1.165, 1.54) is 13.1 Å². The largest absolute Gasteiger partial charge is 0.480 e. The second kappa shape index (κ2) is 3.43. The smallest absolute Gasteiger partial charge is 0.329 e. The van der Waals surface area contributed by atoms with E-state index in [9.17, 15) is 4.79 Å². The lowest BCUT2D eigenvalue weighted by molar-refractivity contribution is -0.143. The van der Waals surface area contributed by atoms with Gasteiger partial charge in [0.15, 0.2) is 5.54 Å². The number of nitrogens with two attached hydrogens (primary N) is 1. The van der Waals surface area contributed by atoms with Crippen molar-refractivity contribution in [2.75, 3.05) is 0 Å². The van der Waals surface area contributed by atoms with Crippen LogP contribution in [0.3, 0.4) is 0 Å². The molecule has 0 aliphatic carbocycles. The molecule has 0 bridgehead atoms. The number of pyridine rings is 1. The Hall–Kier alpha value is -0.940. The van der Waals surface area contributed by atoms with Gasteiger partial charge in [0.05, 0.1) is 5.69 Å². The lowest BCUT2D eigenvalue weighted by Gasteiger charge is -2.18. The highest BCUT2D eigenvalue weighted by atomic mass is 79.9. The van der Waals surface area contributed by atoms with E-state index in [-0.39, 0.29) is 0 Å². The number of aliphatic carboxylic acids is 1. The van der Waals surface area contributed by atoms with Crippen molar-refractivity contribution in [2.24, 2.45) is 5.73 Å². The molecule has 13 heavy (non-hydrogen) atoms. The van der Waals surface area contributed by atoms with Gasteiger partial charge in [-0.3, -0.25) is 4.98 Å². The molecule has 0 spiro atoms. The number of hydrogen-bond acceptors (Lipinski definition) is 3. The van der Waals surface area contributed by atoms with Gasteiger partial charge in [-0.15, -0.1) is 0 Å². The zero-order valence-corrected chi connectivity index (χ0v) is 8.58. The van der Waals surface area contributed by atoms with E-state index in [2.05, 4.69) is 20.9 Å². The first-order chi connectivity index (χ1) is 5.94. The molecule has 70 valence electrons. The van der Waals surface area contributed by atoms with Gasteiger partial charge in [0.2, 0.25) is 0 Å². The Morgan fingerprint density at radius 3 is 2.85 bits per heavy atom. The fourth-order valence-corrected chi connectivity index (χ4v) is 1.13. The predicted molar refractivity (Wildman–Crippen MR) is 51.1 cm³/mol. The molecule has 0 aliphatic heterocycles. The molecule has 3 N–H and O–H groups in total. The number of halogens is 1. The van der Waals surface area contributed by atoms with Crippen molar-refractivity contribution < 1.29 is 9.90 Å². The highest BCUT2D eigenvalue weighted by Crippen LogP contribution is 2.18. The summed E-state index contributed by atoms with van der Waals surface area (Å²) < 4.78 is 0.760. The van der Waals surface area contributed by atoms with Gasteiger partial charge < -0.3 is 10.8 Å². The topological polar surface area (TPSA) is 76.2 Å². The molecule has 0 amide bonds. The SMILES string of the molecule is C[C@](N)(C(=O)O)c1cc(Br)ccn1. The van der Waals surface area contributed by atoms with Crippen LogP contribution < -0.4 is 5.73 Å². The van der Waals surface area contributed by atoms with Crippen LogP contribution in [-0.2, 0) is 10.3 Å². The average molecular weight is 245 g/mol. The summed E-state index contributed by atoms with van der Waals surface area (Å²) >= 11 is 3.22. The molecule has 0 radical (unpaired) electrons. The highest BCUT2D eigenvalue weighted by Gasteiger charge is 2.31. The quantitative estimate of drug-likeness (QED) is 0.817. The van der Waals surface area contributed by atoms with Crippen molar-refractivity contribution in [3.05, 3.63) is 28.5 Å². The Balaban J connectivity index is 3.14. The van der Waals surface area contributed by atoms with Crippen molar-refractivity contribution in [2.45, 2.75) is 12.5 Å². The lowest BCUT2D eigenvalue weighted by Crippen LogP contribution is -2.42. The molecule has 0 aromatic carbocycles. The summed E-state index contributed by atoms with van der Waals surface area (Å²) in [7, 11) is 0. The summed E-state index contributed by atoms with van der Waals surface area (Å²) in [5, 5.41) is 8.81. The molecule has 1 aromatic rings. The summed E-state index contributed by atoms with van der Waals surface area (Å²) in [5.41, 5.74) is 4.45. The molecule has 0 fully saturated rings. The van der Waals surface area contributed by atoms with Crippen LogP contribution in [0.2, 0.25) is 0 Å². The van der Waals surface area contributed by atoms with E-state index in [0.717, 1.165) is 4.47 Å². The van der Waals surface area contributed by atoms with Crippen molar-refractivity contribution in [1.29, 1.82) is 0 Å². The van der Waals surface area contributed by atoms with Crippen molar-refractivity contribution >= 4 is 21.9 Å². The molecule has 4 nitrogen and oxygen atoms in total. The first-order valence-corrected chi connectivity index (χ1v) is 4.38. The summed E-state index contributed by atoms with van der Waals surface area (Å²) in [6, 6.07) is 3.30. The molecule has 0 aliphatic rings. The van der Waals surface area contributed by atoms with E-state index in [0.29, 0.717) is 5.69 Å². The normalized spacial score (nSPS) is 15.0. The molecule has 0 unspecified atom stereocenters. The summed E-state index contributed by atoms with van der Waals surface area (Å²) in [6.45, 7) is 1.41. The van der Waals surface area contributed by atoms with Crippen molar-refractivity contribution in [1.82, 2.24) is 4.98 Å². The Labute approximate surface area is 83.9 Å². The molecule has 1 heterocycles. The fraction of sp³-hybridized carbons (Fsp3) is 0.250. The average Bonchev–Trinajstić information content (AvgIpc) is 2.04. The monoisotopic (exact) mass is 244 g/mol. The van der Waals surface area contributed by atoms with Crippen LogP contribution in [0.4, 0.5) is 0 Å². The molecule has 0 saturated carbocycles. The van der Waals surface area contributed by atoms with Gasteiger partial charge in [0.25, 0.3) is 0 Å².